The number of hydrogen-bond donors (Lipinski definition) is 1. The third-order valence-corrected chi connectivity index (χ3v) is 1.89. The van der Waals surface area contributed by atoms with Crippen molar-refractivity contribution in [2.45, 2.75) is 6.18 Å². The molecule has 1 aromatic rings. The van der Waals surface area contributed by atoms with E-state index in [0.29, 0.717) is 0 Å². The molecule has 4 nitrogen and oxygen atoms in total. The first-order valence-corrected chi connectivity index (χ1v) is 4.67. The zero-order valence-electron chi connectivity index (χ0n) is 7.58. The summed E-state index contributed by atoms with van der Waals surface area (Å²) < 4.78 is 41.9. The fraction of sp³-hybridized carbons (Fsp3) is 0.250. The molecular formula is C8H5BrF3NO3. The Bertz CT molecular complexity index is 408. The number of nitrogens with zero attached hydrogens (tertiary/aromatic N) is 1. The van der Waals surface area contributed by atoms with Gasteiger partial charge >= 0.3 is 12.1 Å². The van der Waals surface area contributed by atoms with E-state index in [2.05, 4.69) is 25.7 Å². The SMILES string of the molecule is O=C(O)COc1ncc(Br)cc1C(F)(F)F. The normalized spacial score (nSPS) is 11.2. The lowest BCUT2D eigenvalue weighted by Crippen LogP contribution is -2.15. The summed E-state index contributed by atoms with van der Waals surface area (Å²) >= 11 is 2.83. The minimum Gasteiger partial charge on any atom is -0.479 e. The van der Waals surface area contributed by atoms with Crippen LogP contribution in [0.3, 0.4) is 0 Å². The average Bonchev–Trinajstić information content (AvgIpc) is 2.14. The molecule has 0 aromatic carbocycles. The van der Waals surface area contributed by atoms with Crippen LogP contribution in [-0.4, -0.2) is 22.7 Å². The van der Waals surface area contributed by atoms with E-state index in [-0.39, 0.29) is 4.47 Å². The second-order valence-electron chi connectivity index (χ2n) is 2.69. The van der Waals surface area contributed by atoms with Gasteiger partial charge in [0.1, 0.15) is 5.56 Å². The molecule has 0 unspecified atom stereocenters. The van der Waals surface area contributed by atoms with Gasteiger partial charge in [0.15, 0.2) is 6.61 Å². The topological polar surface area (TPSA) is 59.4 Å². The molecule has 1 aromatic heterocycles. The van der Waals surface area contributed by atoms with Gasteiger partial charge in [-0.2, -0.15) is 13.2 Å². The molecule has 0 aliphatic rings. The summed E-state index contributed by atoms with van der Waals surface area (Å²) in [4.78, 5) is 13.5. The number of carboxylic acids is 1. The Morgan fingerprint density at radius 3 is 2.69 bits per heavy atom. The second kappa shape index (κ2) is 4.69. The maximum absolute atomic E-state index is 12.5. The van der Waals surface area contributed by atoms with Gasteiger partial charge in [-0.3, -0.25) is 0 Å². The highest BCUT2D eigenvalue weighted by molar-refractivity contribution is 9.10. The number of aliphatic carboxylic acids is 1. The van der Waals surface area contributed by atoms with Crippen LogP contribution in [0.2, 0.25) is 0 Å². The summed E-state index contributed by atoms with van der Waals surface area (Å²) in [6, 6.07) is 0.768. The van der Waals surface area contributed by atoms with Crippen molar-refractivity contribution in [3.05, 3.63) is 22.3 Å². The highest BCUT2D eigenvalue weighted by atomic mass is 79.9. The number of hydrogen-bond acceptors (Lipinski definition) is 3. The van der Waals surface area contributed by atoms with E-state index in [1.54, 1.807) is 0 Å². The van der Waals surface area contributed by atoms with E-state index in [1.807, 2.05) is 0 Å². The van der Waals surface area contributed by atoms with Crippen LogP contribution < -0.4 is 4.74 Å². The van der Waals surface area contributed by atoms with Gasteiger partial charge in [0.05, 0.1) is 0 Å². The summed E-state index contributed by atoms with van der Waals surface area (Å²) in [6.07, 6.45) is -3.56. The molecular weight excluding hydrogens is 295 g/mol. The van der Waals surface area contributed by atoms with Crippen molar-refractivity contribution in [2.24, 2.45) is 0 Å². The Morgan fingerprint density at radius 2 is 2.19 bits per heavy atom. The van der Waals surface area contributed by atoms with Crippen LogP contribution in [0, 0.1) is 0 Å². The predicted molar refractivity (Wildman–Crippen MR) is 50.1 cm³/mol. The van der Waals surface area contributed by atoms with Crippen molar-refractivity contribution in [2.75, 3.05) is 6.61 Å². The first-order chi connectivity index (χ1) is 7.30. The lowest BCUT2D eigenvalue weighted by atomic mass is 10.2. The Hall–Kier alpha value is -1.31. The third kappa shape index (κ3) is 3.37. The number of carbonyl (C=O) groups is 1. The second-order valence-corrected chi connectivity index (χ2v) is 3.60. The Balaban J connectivity index is 3.03. The third-order valence-electron chi connectivity index (χ3n) is 1.46. The molecule has 1 rings (SSSR count). The summed E-state index contributed by atoms with van der Waals surface area (Å²) in [5, 5.41) is 8.28. The maximum atomic E-state index is 12.5. The molecule has 88 valence electrons. The van der Waals surface area contributed by atoms with Crippen LogP contribution >= 0.6 is 15.9 Å². The number of ether oxygens (including phenoxy) is 1. The monoisotopic (exact) mass is 299 g/mol. The van der Waals surface area contributed by atoms with Gasteiger partial charge < -0.3 is 9.84 Å². The van der Waals surface area contributed by atoms with E-state index >= 15 is 0 Å². The fourth-order valence-corrected chi connectivity index (χ4v) is 1.21. The van der Waals surface area contributed by atoms with Crippen LogP contribution in [0.5, 0.6) is 5.88 Å². The van der Waals surface area contributed by atoms with Gasteiger partial charge in [-0.25, -0.2) is 9.78 Å². The van der Waals surface area contributed by atoms with Crippen LogP contribution in [-0.2, 0) is 11.0 Å². The largest absolute Gasteiger partial charge is 0.479 e. The Kier molecular flexibility index (Phi) is 3.74. The van der Waals surface area contributed by atoms with Gasteiger partial charge in [0, 0.05) is 10.7 Å². The molecule has 8 heteroatoms. The van der Waals surface area contributed by atoms with Crippen molar-refractivity contribution in [3.8, 4) is 5.88 Å². The van der Waals surface area contributed by atoms with E-state index < -0.39 is 30.2 Å². The molecule has 16 heavy (non-hydrogen) atoms. The number of aromatic nitrogens is 1. The van der Waals surface area contributed by atoms with Crippen LogP contribution in [0.25, 0.3) is 0 Å². The molecule has 0 aliphatic carbocycles. The van der Waals surface area contributed by atoms with E-state index in [4.69, 9.17) is 5.11 Å². The molecule has 0 amide bonds. The fourth-order valence-electron chi connectivity index (χ4n) is 0.875. The molecule has 0 saturated carbocycles. The molecule has 0 atom stereocenters. The number of carboxylic acid groups (broad SMARTS) is 1. The van der Waals surface area contributed by atoms with Crippen molar-refractivity contribution in [1.82, 2.24) is 4.98 Å². The van der Waals surface area contributed by atoms with Crippen LogP contribution in [0.4, 0.5) is 13.2 Å². The van der Waals surface area contributed by atoms with E-state index in [1.165, 1.54) is 0 Å². The van der Waals surface area contributed by atoms with E-state index in [0.717, 1.165) is 12.3 Å². The summed E-state index contributed by atoms with van der Waals surface area (Å²) in [7, 11) is 0. The maximum Gasteiger partial charge on any atom is 0.421 e. The lowest BCUT2D eigenvalue weighted by molar-refractivity contribution is -0.143. The molecule has 0 fully saturated rings. The number of halogens is 4. The van der Waals surface area contributed by atoms with E-state index in [9.17, 15) is 18.0 Å². The predicted octanol–water partition coefficient (Wildman–Crippen LogP) is 2.33. The van der Waals surface area contributed by atoms with Crippen molar-refractivity contribution < 1.29 is 27.8 Å². The first kappa shape index (κ1) is 12.8. The molecule has 0 radical (unpaired) electrons. The number of rotatable bonds is 3. The van der Waals surface area contributed by atoms with Gasteiger partial charge in [0.2, 0.25) is 5.88 Å². The minimum atomic E-state index is -4.65. The van der Waals surface area contributed by atoms with Gasteiger partial charge in [-0.05, 0) is 22.0 Å². The number of pyridine rings is 1. The van der Waals surface area contributed by atoms with Crippen molar-refractivity contribution >= 4 is 21.9 Å². The smallest absolute Gasteiger partial charge is 0.421 e. The van der Waals surface area contributed by atoms with Gasteiger partial charge in [-0.15, -0.1) is 0 Å². The number of alkyl halides is 3. The van der Waals surface area contributed by atoms with Gasteiger partial charge in [0.25, 0.3) is 0 Å². The zero-order chi connectivity index (χ0) is 12.3. The summed E-state index contributed by atoms with van der Waals surface area (Å²) in [5.74, 6) is -2.13. The quantitative estimate of drug-likeness (QED) is 0.930. The highest BCUT2D eigenvalue weighted by Crippen LogP contribution is 2.36. The molecule has 0 spiro atoms. The van der Waals surface area contributed by atoms with Crippen LogP contribution in [0.15, 0.2) is 16.7 Å². The molecule has 1 N–H and O–H groups in total. The average molecular weight is 300 g/mol. The molecule has 0 aliphatic heterocycles. The highest BCUT2D eigenvalue weighted by Gasteiger charge is 2.35. The standard InChI is InChI=1S/C8H5BrF3NO3/c9-4-1-5(8(10,11)12)7(13-2-4)16-3-6(14)15/h1-2H,3H2,(H,14,15). The minimum absolute atomic E-state index is 0.127. The summed E-state index contributed by atoms with van der Waals surface area (Å²) in [5.41, 5.74) is -1.12. The van der Waals surface area contributed by atoms with Gasteiger partial charge in [-0.1, -0.05) is 0 Å². The van der Waals surface area contributed by atoms with Crippen molar-refractivity contribution in [3.63, 3.8) is 0 Å². The Labute approximate surface area is 96.2 Å². The van der Waals surface area contributed by atoms with Crippen molar-refractivity contribution in [1.29, 1.82) is 0 Å². The first-order valence-electron chi connectivity index (χ1n) is 3.88. The zero-order valence-corrected chi connectivity index (χ0v) is 9.17. The Morgan fingerprint density at radius 1 is 1.56 bits per heavy atom. The van der Waals surface area contributed by atoms with Crippen LogP contribution in [0.1, 0.15) is 5.56 Å². The molecule has 0 saturated heterocycles. The summed E-state index contributed by atoms with van der Waals surface area (Å²) in [6.45, 7) is -0.877. The lowest BCUT2D eigenvalue weighted by Gasteiger charge is -2.11. The molecule has 0 bridgehead atoms. The molecule has 1 heterocycles.